The van der Waals surface area contributed by atoms with Crippen molar-refractivity contribution in [3.05, 3.63) is 119 Å². The van der Waals surface area contributed by atoms with Gasteiger partial charge in [0.1, 0.15) is 7.85 Å². The topological polar surface area (TPSA) is 0 Å². The number of hydrogen-bond acceptors (Lipinski definition) is 0. The van der Waals surface area contributed by atoms with Gasteiger partial charge in [0.05, 0.1) is 5.41 Å². The highest BCUT2D eigenvalue weighted by atomic mass is 14.5. The summed E-state index contributed by atoms with van der Waals surface area (Å²) in [5.74, 6) is 0. The molecule has 0 amide bonds. The Morgan fingerprint density at radius 1 is 0.815 bits per heavy atom. The summed E-state index contributed by atoms with van der Waals surface area (Å²) in [7, 11) is 2.24. The van der Waals surface area contributed by atoms with E-state index in [0.717, 1.165) is 0 Å². The lowest BCUT2D eigenvalue weighted by Crippen LogP contribution is -2.32. The van der Waals surface area contributed by atoms with Gasteiger partial charge in [0.15, 0.2) is 0 Å². The van der Waals surface area contributed by atoms with Gasteiger partial charge in [-0.2, -0.15) is 0 Å². The first-order valence-corrected chi connectivity index (χ1v) is 9.54. The molecule has 0 heterocycles. The normalized spacial score (nSPS) is 19.4. The van der Waals surface area contributed by atoms with Crippen LogP contribution in [-0.4, -0.2) is 7.85 Å². The number of hydrogen-bond donors (Lipinski definition) is 0. The Kier molecular flexibility index (Phi) is 3.42. The highest BCUT2D eigenvalue weighted by Gasteiger charge is 2.52. The van der Waals surface area contributed by atoms with Crippen LogP contribution in [0.1, 0.15) is 29.2 Å². The molecule has 0 aromatic heterocycles. The average Bonchev–Trinajstić information content (AvgIpc) is 3.15. The summed E-state index contributed by atoms with van der Waals surface area (Å²) in [6.07, 6.45) is 6.47. The van der Waals surface area contributed by atoms with Crippen molar-refractivity contribution in [3.8, 4) is 11.1 Å². The molecule has 0 fully saturated rings. The number of benzene rings is 3. The number of allylic oxidation sites excluding steroid dienone is 5. The van der Waals surface area contributed by atoms with E-state index in [1.165, 1.54) is 50.0 Å². The fourth-order valence-corrected chi connectivity index (χ4v) is 5.27. The van der Waals surface area contributed by atoms with Crippen LogP contribution < -0.4 is 5.46 Å². The fraction of sp³-hybridized carbons (Fsp3) is 0.0769. The van der Waals surface area contributed by atoms with Crippen molar-refractivity contribution in [1.29, 1.82) is 0 Å². The van der Waals surface area contributed by atoms with Crippen LogP contribution in [0.2, 0.25) is 0 Å². The van der Waals surface area contributed by atoms with Crippen LogP contribution in [0.25, 0.3) is 16.7 Å². The van der Waals surface area contributed by atoms with E-state index in [1.807, 2.05) is 6.08 Å². The van der Waals surface area contributed by atoms with Crippen molar-refractivity contribution in [3.63, 3.8) is 0 Å². The van der Waals surface area contributed by atoms with Gasteiger partial charge in [-0.15, -0.1) is 0 Å². The zero-order valence-corrected chi connectivity index (χ0v) is 15.8. The smallest absolute Gasteiger partial charge is 0.0984 e. The van der Waals surface area contributed by atoms with E-state index in [1.54, 1.807) is 0 Å². The average molecular weight is 344 g/mol. The standard InChI is InChI=1S/C26H21B/c1-3-10-21-17(4-2)18-11-5-7-14-22(18)26(21)23-15-8-6-12-19(23)20-13-9-16-24(27)25(20)26/h3-16H,2,27H2,1H3/b10-3-. The molecule has 1 spiro atoms. The molecule has 3 aromatic rings. The summed E-state index contributed by atoms with van der Waals surface area (Å²) >= 11 is 0. The van der Waals surface area contributed by atoms with Crippen molar-refractivity contribution < 1.29 is 0 Å². The lowest BCUT2D eigenvalue weighted by Gasteiger charge is -2.32. The predicted molar refractivity (Wildman–Crippen MR) is 118 cm³/mol. The van der Waals surface area contributed by atoms with E-state index in [9.17, 15) is 0 Å². The van der Waals surface area contributed by atoms with Gasteiger partial charge in [0, 0.05) is 0 Å². The molecule has 3 aromatic carbocycles. The molecule has 128 valence electrons. The summed E-state index contributed by atoms with van der Waals surface area (Å²) in [6, 6.07) is 24.4. The van der Waals surface area contributed by atoms with Crippen LogP contribution in [0.4, 0.5) is 0 Å². The highest BCUT2D eigenvalue weighted by Crippen LogP contribution is 2.61. The summed E-state index contributed by atoms with van der Waals surface area (Å²) < 4.78 is 0. The second-order valence-corrected chi connectivity index (χ2v) is 7.37. The van der Waals surface area contributed by atoms with Crippen LogP contribution in [0.3, 0.4) is 0 Å². The van der Waals surface area contributed by atoms with Crippen molar-refractivity contribution in [2.24, 2.45) is 0 Å². The Labute approximate surface area is 162 Å². The summed E-state index contributed by atoms with van der Waals surface area (Å²) in [6.45, 7) is 6.27. The first-order chi connectivity index (χ1) is 13.2. The molecule has 1 atom stereocenters. The van der Waals surface area contributed by atoms with E-state index in [4.69, 9.17) is 0 Å². The van der Waals surface area contributed by atoms with E-state index in [2.05, 4.69) is 100 Å². The van der Waals surface area contributed by atoms with E-state index in [-0.39, 0.29) is 5.41 Å². The molecule has 0 bridgehead atoms. The van der Waals surface area contributed by atoms with Crippen molar-refractivity contribution in [2.45, 2.75) is 12.3 Å². The summed E-state index contributed by atoms with van der Waals surface area (Å²) in [5, 5.41) is 0. The third kappa shape index (κ3) is 1.84. The van der Waals surface area contributed by atoms with Crippen molar-refractivity contribution in [2.75, 3.05) is 0 Å². The molecule has 0 N–H and O–H groups in total. The number of rotatable bonds is 2. The Balaban J connectivity index is 2.06. The van der Waals surface area contributed by atoms with E-state index < -0.39 is 0 Å². The zero-order valence-electron chi connectivity index (χ0n) is 15.8. The lowest BCUT2D eigenvalue weighted by atomic mass is 9.66. The molecule has 5 rings (SSSR count). The van der Waals surface area contributed by atoms with Crippen LogP contribution >= 0.6 is 0 Å². The molecule has 1 unspecified atom stereocenters. The quantitative estimate of drug-likeness (QED) is 0.587. The van der Waals surface area contributed by atoms with Gasteiger partial charge in [-0.25, -0.2) is 0 Å². The molecule has 2 aliphatic rings. The van der Waals surface area contributed by atoms with Gasteiger partial charge in [0.25, 0.3) is 0 Å². The maximum Gasteiger partial charge on any atom is 0.139 e. The molecule has 0 radical (unpaired) electrons. The first kappa shape index (κ1) is 16.1. The molecular formula is C26H21B. The fourth-order valence-electron chi connectivity index (χ4n) is 5.27. The SMILES string of the molecule is Bc1cccc2c1C1(C(/C=C\C)=C(C=C)c3ccccc31)c1ccccc1-2. The monoisotopic (exact) mass is 344 g/mol. The largest absolute Gasteiger partial charge is 0.139 e. The van der Waals surface area contributed by atoms with Gasteiger partial charge in [-0.1, -0.05) is 97.0 Å². The predicted octanol–water partition coefficient (Wildman–Crippen LogP) is 4.79. The second kappa shape index (κ2) is 5.72. The minimum atomic E-state index is -0.260. The van der Waals surface area contributed by atoms with Crippen LogP contribution in [0.15, 0.2) is 97.1 Å². The highest BCUT2D eigenvalue weighted by molar-refractivity contribution is 6.34. The lowest BCUT2D eigenvalue weighted by molar-refractivity contribution is 0.791. The van der Waals surface area contributed by atoms with Gasteiger partial charge >= 0.3 is 0 Å². The van der Waals surface area contributed by atoms with Crippen LogP contribution in [-0.2, 0) is 5.41 Å². The van der Waals surface area contributed by atoms with Crippen LogP contribution in [0.5, 0.6) is 0 Å². The molecule has 0 aliphatic heterocycles. The zero-order chi connectivity index (χ0) is 18.6. The molecule has 0 saturated heterocycles. The molecular weight excluding hydrogens is 323 g/mol. The number of fused-ring (bicyclic) bond motifs is 7. The van der Waals surface area contributed by atoms with Gasteiger partial charge < -0.3 is 0 Å². The summed E-state index contributed by atoms with van der Waals surface area (Å²) in [5.41, 5.74) is 11.8. The first-order valence-electron chi connectivity index (χ1n) is 9.54. The molecule has 0 nitrogen and oxygen atoms in total. The molecule has 0 saturated carbocycles. The van der Waals surface area contributed by atoms with E-state index in [0.29, 0.717) is 0 Å². The van der Waals surface area contributed by atoms with Crippen molar-refractivity contribution in [1.82, 2.24) is 0 Å². The maximum atomic E-state index is 4.17. The Bertz CT molecular complexity index is 1160. The van der Waals surface area contributed by atoms with Crippen LogP contribution in [0, 0.1) is 0 Å². The molecule has 2 aliphatic carbocycles. The van der Waals surface area contributed by atoms with Crippen molar-refractivity contribution >= 4 is 18.9 Å². The molecule has 1 heteroatoms. The Morgan fingerprint density at radius 2 is 1.44 bits per heavy atom. The Hall–Kier alpha value is -3.06. The maximum absolute atomic E-state index is 4.17. The minimum absolute atomic E-state index is 0.260. The van der Waals surface area contributed by atoms with Gasteiger partial charge in [0.2, 0.25) is 0 Å². The minimum Gasteiger partial charge on any atom is -0.0984 e. The van der Waals surface area contributed by atoms with Gasteiger partial charge in [-0.05, 0) is 51.5 Å². The second-order valence-electron chi connectivity index (χ2n) is 7.37. The summed E-state index contributed by atoms with van der Waals surface area (Å²) in [4.78, 5) is 0. The molecule has 27 heavy (non-hydrogen) atoms. The Morgan fingerprint density at radius 3 is 2.15 bits per heavy atom. The van der Waals surface area contributed by atoms with Gasteiger partial charge in [-0.3, -0.25) is 0 Å². The third-order valence-corrected chi connectivity index (χ3v) is 6.12. The third-order valence-electron chi connectivity index (χ3n) is 6.12. The van der Waals surface area contributed by atoms with E-state index >= 15 is 0 Å².